The summed E-state index contributed by atoms with van der Waals surface area (Å²) in [4.78, 5) is 41.1. The van der Waals surface area contributed by atoms with Gasteiger partial charge in [-0.1, -0.05) is 74.4 Å². The molecular formula is C27H32N2O4. The summed E-state index contributed by atoms with van der Waals surface area (Å²) in [6.45, 7) is 7.44. The number of nitrogens with zero attached hydrogens (tertiary/aromatic N) is 1. The van der Waals surface area contributed by atoms with Crippen LogP contribution in [0.25, 0.3) is 11.1 Å². The number of carbonyl (C=O) groups is 3. The summed E-state index contributed by atoms with van der Waals surface area (Å²) < 4.78 is 0. The Bertz CT molecular complexity index is 1060. The summed E-state index contributed by atoms with van der Waals surface area (Å²) in [7, 11) is 0. The lowest BCUT2D eigenvalue weighted by Gasteiger charge is -2.35. The number of carbonyl (C=O) groups excluding carboxylic acids is 2. The third kappa shape index (κ3) is 3.76. The van der Waals surface area contributed by atoms with Gasteiger partial charge in [0.1, 0.15) is 5.54 Å². The number of carboxylic acids is 1. The number of carboxylic acid groups (broad SMARTS) is 1. The first-order chi connectivity index (χ1) is 15.6. The molecule has 4 atom stereocenters. The van der Waals surface area contributed by atoms with Crippen molar-refractivity contribution in [3.05, 3.63) is 60.2 Å². The van der Waals surface area contributed by atoms with Gasteiger partial charge in [-0.15, -0.1) is 0 Å². The third-order valence-corrected chi connectivity index (χ3v) is 7.01. The van der Waals surface area contributed by atoms with Gasteiger partial charge >= 0.3 is 5.97 Å². The number of unbranched alkanes of at least 4 members (excludes halogenated alkanes) is 1. The molecule has 0 bridgehead atoms. The smallest absolute Gasteiger partial charge is 0.324 e. The molecule has 33 heavy (non-hydrogen) atoms. The Morgan fingerprint density at radius 1 is 1.00 bits per heavy atom. The quantitative estimate of drug-likeness (QED) is 0.639. The zero-order valence-corrected chi connectivity index (χ0v) is 19.7. The average molecular weight is 449 g/mol. The Hall–Kier alpha value is -2.99. The Morgan fingerprint density at radius 3 is 2.15 bits per heavy atom. The maximum Gasteiger partial charge on any atom is 0.324 e. The lowest BCUT2D eigenvalue weighted by molar-refractivity contribution is -0.154. The van der Waals surface area contributed by atoms with Crippen LogP contribution in [0.15, 0.2) is 54.6 Å². The fraction of sp³-hybridized carbons (Fsp3) is 0.444. The van der Waals surface area contributed by atoms with Crippen molar-refractivity contribution in [1.29, 1.82) is 0 Å². The van der Waals surface area contributed by atoms with Crippen LogP contribution in [-0.4, -0.2) is 38.9 Å². The number of fused-ring (bicyclic) bond motifs is 1. The second-order valence-corrected chi connectivity index (χ2v) is 10.2. The van der Waals surface area contributed by atoms with E-state index in [-0.39, 0.29) is 11.8 Å². The molecule has 2 fully saturated rings. The molecule has 2 aliphatic heterocycles. The summed E-state index contributed by atoms with van der Waals surface area (Å²) >= 11 is 0. The van der Waals surface area contributed by atoms with E-state index in [4.69, 9.17) is 0 Å². The monoisotopic (exact) mass is 448 g/mol. The standard InChI is InChI=1S/C27H32N2O4/c1-5-6-16-27(25(32)33)21-20(23(30)29(24(21)31)26(2,3)4)22(28-27)19-14-12-18(13-15-19)17-10-8-7-9-11-17/h7-15,20-22,28H,5-6,16H2,1-4H3,(H,32,33). The Morgan fingerprint density at radius 2 is 1.61 bits per heavy atom. The minimum atomic E-state index is -1.46. The minimum absolute atomic E-state index is 0.290. The first-order valence-electron chi connectivity index (χ1n) is 11.7. The minimum Gasteiger partial charge on any atom is -0.480 e. The summed E-state index contributed by atoms with van der Waals surface area (Å²) in [5.41, 5.74) is 0.761. The maximum atomic E-state index is 13.6. The van der Waals surface area contributed by atoms with Gasteiger partial charge in [0, 0.05) is 11.6 Å². The molecule has 2 amide bonds. The number of benzene rings is 2. The van der Waals surface area contributed by atoms with Gasteiger partial charge in [0.2, 0.25) is 11.8 Å². The number of aliphatic carboxylic acids is 1. The first-order valence-corrected chi connectivity index (χ1v) is 11.7. The van der Waals surface area contributed by atoms with Crippen molar-refractivity contribution in [2.45, 2.75) is 64.1 Å². The van der Waals surface area contributed by atoms with Gasteiger partial charge in [0.25, 0.3) is 0 Å². The highest BCUT2D eigenvalue weighted by Crippen LogP contribution is 2.52. The van der Waals surface area contributed by atoms with Crippen LogP contribution in [0.3, 0.4) is 0 Å². The highest BCUT2D eigenvalue weighted by Gasteiger charge is 2.69. The van der Waals surface area contributed by atoms with E-state index >= 15 is 0 Å². The average Bonchev–Trinajstić information content (AvgIpc) is 3.27. The van der Waals surface area contributed by atoms with Crippen molar-refractivity contribution in [2.75, 3.05) is 0 Å². The normalized spacial score (nSPS) is 27.2. The van der Waals surface area contributed by atoms with E-state index in [9.17, 15) is 19.5 Å². The van der Waals surface area contributed by atoms with Crippen LogP contribution in [0.2, 0.25) is 0 Å². The molecule has 4 unspecified atom stereocenters. The Kier molecular flexibility index (Phi) is 5.91. The van der Waals surface area contributed by atoms with E-state index in [1.165, 1.54) is 4.90 Å². The van der Waals surface area contributed by atoms with Gasteiger partial charge in [-0.3, -0.25) is 24.6 Å². The van der Waals surface area contributed by atoms with E-state index in [0.29, 0.717) is 12.8 Å². The highest BCUT2D eigenvalue weighted by molar-refractivity contribution is 6.10. The molecule has 0 radical (unpaired) electrons. The number of hydrogen-bond acceptors (Lipinski definition) is 4. The molecule has 2 aliphatic rings. The lowest BCUT2D eigenvalue weighted by atomic mass is 9.76. The van der Waals surface area contributed by atoms with Crippen molar-refractivity contribution >= 4 is 17.8 Å². The van der Waals surface area contributed by atoms with Crippen LogP contribution in [0, 0.1) is 11.8 Å². The molecule has 174 valence electrons. The second-order valence-electron chi connectivity index (χ2n) is 10.2. The molecule has 4 rings (SSSR count). The summed E-state index contributed by atoms with van der Waals surface area (Å²) in [6.07, 6.45) is 1.75. The Balaban J connectivity index is 1.78. The van der Waals surface area contributed by atoms with Crippen molar-refractivity contribution in [1.82, 2.24) is 10.2 Å². The Labute approximate surface area is 195 Å². The van der Waals surface area contributed by atoms with Crippen molar-refractivity contribution in [3.63, 3.8) is 0 Å². The zero-order valence-electron chi connectivity index (χ0n) is 19.7. The van der Waals surface area contributed by atoms with Crippen LogP contribution < -0.4 is 5.32 Å². The van der Waals surface area contributed by atoms with Gasteiger partial charge in [-0.05, 0) is 43.9 Å². The highest BCUT2D eigenvalue weighted by atomic mass is 16.4. The molecule has 2 aromatic rings. The van der Waals surface area contributed by atoms with Crippen LogP contribution in [0.4, 0.5) is 0 Å². The third-order valence-electron chi connectivity index (χ3n) is 7.01. The number of amides is 2. The molecular weight excluding hydrogens is 416 g/mol. The zero-order chi connectivity index (χ0) is 24.0. The lowest BCUT2D eigenvalue weighted by Crippen LogP contribution is -2.57. The molecule has 2 aromatic carbocycles. The molecule has 6 heteroatoms. The molecule has 2 heterocycles. The maximum absolute atomic E-state index is 13.6. The predicted octanol–water partition coefficient (Wildman–Crippen LogP) is 4.41. The molecule has 6 nitrogen and oxygen atoms in total. The van der Waals surface area contributed by atoms with Crippen molar-refractivity contribution in [2.24, 2.45) is 11.8 Å². The van der Waals surface area contributed by atoms with E-state index in [1.807, 2.05) is 82.3 Å². The summed E-state index contributed by atoms with van der Waals surface area (Å²) in [5, 5.41) is 13.6. The number of imide groups is 1. The van der Waals surface area contributed by atoms with Crippen LogP contribution >= 0.6 is 0 Å². The van der Waals surface area contributed by atoms with E-state index in [0.717, 1.165) is 23.1 Å². The summed E-state index contributed by atoms with van der Waals surface area (Å²) in [6, 6.07) is 17.3. The molecule has 0 aromatic heterocycles. The van der Waals surface area contributed by atoms with Gasteiger partial charge < -0.3 is 5.11 Å². The van der Waals surface area contributed by atoms with Gasteiger partial charge in [0.15, 0.2) is 0 Å². The summed E-state index contributed by atoms with van der Waals surface area (Å²) in [5.74, 6) is -3.40. The molecule has 2 N–H and O–H groups in total. The molecule has 0 saturated carbocycles. The predicted molar refractivity (Wildman–Crippen MR) is 126 cm³/mol. The van der Waals surface area contributed by atoms with Gasteiger partial charge in [0.05, 0.1) is 11.8 Å². The number of hydrogen-bond donors (Lipinski definition) is 2. The fourth-order valence-electron chi connectivity index (χ4n) is 5.45. The van der Waals surface area contributed by atoms with Crippen LogP contribution in [-0.2, 0) is 14.4 Å². The molecule has 2 saturated heterocycles. The molecule has 0 spiro atoms. The first kappa shape index (κ1) is 23.2. The number of rotatable bonds is 6. The van der Waals surface area contributed by atoms with Crippen molar-refractivity contribution in [3.8, 4) is 11.1 Å². The topological polar surface area (TPSA) is 86.7 Å². The van der Waals surface area contributed by atoms with E-state index in [2.05, 4.69) is 5.32 Å². The largest absolute Gasteiger partial charge is 0.480 e. The van der Waals surface area contributed by atoms with E-state index in [1.54, 1.807) is 0 Å². The van der Waals surface area contributed by atoms with Crippen LogP contribution in [0.1, 0.15) is 58.6 Å². The van der Waals surface area contributed by atoms with Gasteiger partial charge in [-0.25, -0.2) is 0 Å². The van der Waals surface area contributed by atoms with Crippen molar-refractivity contribution < 1.29 is 19.5 Å². The number of likely N-dealkylation sites (tertiary alicyclic amines) is 1. The molecule has 0 aliphatic carbocycles. The van der Waals surface area contributed by atoms with Gasteiger partial charge in [-0.2, -0.15) is 0 Å². The SMILES string of the molecule is CCCCC1(C(=O)O)NC(c2ccc(-c3ccccc3)cc2)C2C(=O)N(C(C)(C)C)C(=O)C21. The van der Waals surface area contributed by atoms with Crippen LogP contribution in [0.5, 0.6) is 0 Å². The van der Waals surface area contributed by atoms with E-state index < -0.39 is 34.9 Å². The fourth-order valence-corrected chi connectivity index (χ4v) is 5.45. The number of nitrogens with one attached hydrogen (secondary N) is 1. The second kappa shape index (κ2) is 8.41.